The van der Waals surface area contributed by atoms with Crippen LogP contribution in [0.2, 0.25) is 5.02 Å². The minimum absolute atomic E-state index is 0.703. The Morgan fingerprint density at radius 1 is 1.50 bits per heavy atom. The third kappa shape index (κ3) is 3.21. The third-order valence-corrected chi connectivity index (χ3v) is 3.32. The quantitative estimate of drug-likeness (QED) is 0.771. The first-order valence-corrected chi connectivity index (χ1v) is 6.14. The van der Waals surface area contributed by atoms with Crippen LogP contribution in [-0.2, 0) is 4.74 Å². The summed E-state index contributed by atoms with van der Waals surface area (Å²) in [5.74, 6) is 1.48. The van der Waals surface area contributed by atoms with E-state index in [4.69, 9.17) is 16.3 Å². The average molecular weight is 240 g/mol. The van der Waals surface area contributed by atoms with Crippen LogP contribution in [0.3, 0.4) is 0 Å². The molecule has 2 nitrogen and oxygen atoms in total. The van der Waals surface area contributed by atoms with Crippen LogP contribution in [0.1, 0.15) is 17.9 Å². The Kier molecular flexibility index (Phi) is 4.22. The average Bonchev–Trinajstić information content (AvgIpc) is 3.04. The van der Waals surface area contributed by atoms with Crippen molar-refractivity contribution in [2.45, 2.75) is 12.3 Å². The van der Waals surface area contributed by atoms with Gasteiger partial charge in [-0.1, -0.05) is 23.7 Å². The van der Waals surface area contributed by atoms with Crippen LogP contribution in [-0.4, -0.2) is 26.8 Å². The Morgan fingerprint density at radius 3 is 3.12 bits per heavy atom. The van der Waals surface area contributed by atoms with E-state index < -0.39 is 0 Å². The summed E-state index contributed by atoms with van der Waals surface area (Å²) in [5.41, 5.74) is 1.38. The molecule has 1 aromatic rings. The molecule has 88 valence electrons. The number of hydrogen-bond acceptors (Lipinski definition) is 2. The second-order valence-corrected chi connectivity index (χ2v) is 4.79. The van der Waals surface area contributed by atoms with E-state index in [9.17, 15) is 0 Å². The van der Waals surface area contributed by atoms with Crippen LogP contribution in [0.25, 0.3) is 0 Å². The monoisotopic (exact) mass is 239 g/mol. The summed E-state index contributed by atoms with van der Waals surface area (Å²) in [7, 11) is 1.73. The molecule has 2 unspecified atom stereocenters. The Bertz CT molecular complexity index is 342. The van der Waals surface area contributed by atoms with Crippen molar-refractivity contribution >= 4 is 11.6 Å². The highest BCUT2D eigenvalue weighted by atomic mass is 35.5. The van der Waals surface area contributed by atoms with E-state index in [2.05, 4.69) is 17.4 Å². The molecule has 1 fully saturated rings. The normalized spacial score (nSPS) is 23.4. The first kappa shape index (κ1) is 11.9. The number of benzene rings is 1. The summed E-state index contributed by atoms with van der Waals surface area (Å²) in [5, 5.41) is 4.25. The summed E-state index contributed by atoms with van der Waals surface area (Å²) >= 11 is 5.98. The summed E-state index contributed by atoms with van der Waals surface area (Å²) in [6.45, 7) is 2.81. The zero-order valence-electron chi connectivity index (χ0n) is 9.58. The second kappa shape index (κ2) is 5.67. The highest BCUT2D eigenvalue weighted by Gasteiger charge is 2.37. The lowest BCUT2D eigenvalue weighted by atomic mass is 10.1. The number of methoxy groups -OCH3 is 1. The van der Waals surface area contributed by atoms with Crippen molar-refractivity contribution in [2.75, 3.05) is 26.8 Å². The predicted molar refractivity (Wildman–Crippen MR) is 67.0 cm³/mol. The highest BCUT2D eigenvalue weighted by molar-refractivity contribution is 6.30. The first-order valence-electron chi connectivity index (χ1n) is 5.76. The molecule has 1 saturated carbocycles. The third-order valence-electron chi connectivity index (χ3n) is 3.09. The van der Waals surface area contributed by atoms with Gasteiger partial charge in [-0.3, -0.25) is 0 Å². The van der Waals surface area contributed by atoms with Crippen LogP contribution in [0.4, 0.5) is 0 Å². The molecular formula is C13H18ClNO. The van der Waals surface area contributed by atoms with E-state index in [1.54, 1.807) is 7.11 Å². The van der Waals surface area contributed by atoms with Gasteiger partial charge in [0.25, 0.3) is 0 Å². The summed E-state index contributed by atoms with van der Waals surface area (Å²) < 4.78 is 4.99. The van der Waals surface area contributed by atoms with E-state index in [-0.39, 0.29) is 0 Å². The highest BCUT2D eigenvalue weighted by Crippen LogP contribution is 2.47. The lowest BCUT2D eigenvalue weighted by Gasteiger charge is -2.04. The molecule has 0 amide bonds. The maximum absolute atomic E-state index is 5.98. The molecular weight excluding hydrogens is 222 g/mol. The van der Waals surface area contributed by atoms with Gasteiger partial charge in [0.2, 0.25) is 0 Å². The molecule has 0 saturated heterocycles. The van der Waals surface area contributed by atoms with Crippen LogP contribution in [0.15, 0.2) is 24.3 Å². The molecule has 2 atom stereocenters. The molecule has 1 aliphatic carbocycles. The smallest absolute Gasteiger partial charge is 0.0587 e. The van der Waals surface area contributed by atoms with E-state index in [0.29, 0.717) is 5.92 Å². The zero-order valence-corrected chi connectivity index (χ0v) is 10.3. The minimum Gasteiger partial charge on any atom is -0.383 e. The maximum atomic E-state index is 5.98. The van der Waals surface area contributed by atoms with Crippen LogP contribution >= 0.6 is 11.6 Å². The molecule has 0 heterocycles. The fourth-order valence-corrected chi connectivity index (χ4v) is 2.28. The second-order valence-electron chi connectivity index (χ2n) is 4.35. The lowest BCUT2D eigenvalue weighted by molar-refractivity contribution is 0.199. The molecule has 2 rings (SSSR count). The van der Waals surface area contributed by atoms with Crippen molar-refractivity contribution < 1.29 is 4.74 Å². The fourth-order valence-electron chi connectivity index (χ4n) is 2.08. The van der Waals surface area contributed by atoms with Crippen molar-refractivity contribution in [3.05, 3.63) is 34.9 Å². The molecule has 16 heavy (non-hydrogen) atoms. The molecule has 1 N–H and O–H groups in total. The molecule has 3 heteroatoms. The van der Waals surface area contributed by atoms with E-state index in [1.807, 2.05) is 12.1 Å². The summed E-state index contributed by atoms with van der Waals surface area (Å²) in [4.78, 5) is 0. The molecule has 1 aliphatic rings. The molecule has 0 aliphatic heterocycles. The van der Waals surface area contributed by atoms with Gasteiger partial charge in [0.1, 0.15) is 0 Å². The molecule has 0 spiro atoms. The van der Waals surface area contributed by atoms with Gasteiger partial charge in [-0.15, -0.1) is 0 Å². The van der Waals surface area contributed by atoms with Gasteiger partial charge in [-0.25, -0.2) is 0 Å². The molecule has 0 radical (unpaired) electrons. The zero-order chi connectivity index (χ0) is 11.4. The Hall–Kier alpha value is -0.570. The van der Waals surface area contributed by atoms with E-state index in [0.717, 1.165) is 30.6 Å². The van der Waals surface area contributed by atoms with Gasteiger partial charge < -0.3 is 10.1 Å². The van der Waals surface area contributed by atoms with Gasteiger partial charge in [0, 0.05) is 18.7 Å². The van der Waals surface area contributed by atoms with Gasteiger partial charge in [-0.2, -0.15) is 0 Å². The van der Waals surface area contributed by atoms with Gasteiger partial charge in [0.05, 0.1) is 6.61 Å². The van der Waals surface area contributed by atoms with Gasteiger partial charge >= 0.3 is 0 Å². The summed E-state index contributed by atoms with van der Waals surface area (Å²) in [6, 6.07) is 8.22. The number of nitrogens with one attached hydrogen (secondary N) is 1. The van der Waals surface area contributed by atoms with E-state index >= 15 is 0 Å². The van der Waals surface area contributed by atoms with Gasteiger partial charge in [0.15, 0.2) is 0 Å². The fraction of sp³-hybridized carbons (Fsp3) is 0.538. The standard InChI is InChI=1S/C13H18ClNO/c1-16-6-5-15-9-11-8-13(11)10-3-2-4-12(14)7-10/h2-4,7,11,13,15H,5-6,8-9H2,1H3. The molecule has 0 bridgehead atoms. The van der Waals surface area contributed by atoms with Crippen LogP contribution in [0, 0.1) is 5.92 Å². The van der Waals surface area contributed by atoms with Gasteiger partial charge in [-0.05, 0) is 42.5 Å². The summed E-state index contributed by atoms with van der Waals surface area (Å²) in [6.07, 6.45) is 1.28. The van der Waals surface area contributed by atoms with Crippen LogP contribution < -0.4 is 5.32 Å². The van der Waals surface area contributed by atoms with Crippen LogP contribution in [0.5, 0.6) is 0 Å². The molecule has 1 aromatic carbocycles. The largest absolute Gasteiger partial charge is 0.383 e. The number of rotatable bonds is 6. The predicted octanol–water partition coefficient (Wildman–Crippen LogP) is 2.68. The number of ether oxygens (including phenoxy) is 1. The van der Waals surface area contributed by atoms with Crippen molar-refractivity contribution in [2.24, 2.45) is 5.92 Å². The van der Waals surface area contributed by atoms with Crippen molar-refractivity contribution in [3.63, 3.8) is 0 Å². The first-order chi connectivity index (χ1) is 7.81. The Labute approximate surface area is 102 Å². The topological polar surface area (TPSA) is 21.3 Å². The van der Waals surface area contributed by atoms with Crippen molar-refractivity contribution in [1.29, 1.82) is 0 Å². The lowest BCUT2D eigenvalue weighted by Crippen LogP contribution is -2.21. The number of hydrogen-bond donors (Lipinski definition) is 1. The molecule has 0 aromatic heterocycles. The van der Waals surface area contributed by atoms with Crippen molar-refractivity contribution in [3.8, 4) is 0 Å². The van der Waals surface area contributed by atoms with Crippen molar-refractivity contribution in [1.82, 2.24) is 5.32 Å². The minimum atomic E-state index is 0.703. The Morgan fingerprint density at radius 2 is 2.38 bits per heavy atom. The maximum Gasteiger partial charge on any atom is 0.0587 e. The SMILES string of the molecule is COCCNCC1CC1c1cccc(Cl)c1. The number of halogens is 1. The Balaban J connectivity index is 1.74. The van der Waals surface area contributed by atoms with E-state index in [1.165, 1.54) is 12.0 Å².